The van der Waals surface area contributed by atoms with Crippen LogP contribution in [0, 0.1) is 11.3 Å². The van der Waals surface area contributed by atoms with Crippen LogP contribution in [0.4, 0.5) is 33.5 Å². The van der Waals surface area contributed by atoms with Crippen LogP contribution in [0.1, 0.15) is 42.0 Å². The molecule has 236 valence electrons. The van der Waals surface area contributed by atoms with Crippen LogP contribution in [0.3, 0.4) is 0 Å². The monoisotopic (exact) mass is 667 g/mol. The Kier molecular flexibility index (Phi) is 8.49. The van der Waals surface area contributed by atoms with E-state index in [1.807, 2.05) is 6.07 Å². The maximum atomic E-state index is 14.5. The minimum Gasteiger partial charge on any atom is -0.351 e. The van der Waals surface area contributed by atoms with Gasteiger partial charge in [-0.1, -0.05) is 35.9 Å². The highest BCUT2D eigenvalue weighted by Gasteiger charge is 2.50. The van der Waals surface area contributed by atoms with Gasteiger partial charge in [-0.3, -0.25) is 14.5 Å². The fraction of sp³-hybridized carbons (Fsp3) is 0.310. The number of rotatable bonds is 7. The van der Waals surface area contributed by atoms with E-state index in [4.69, 9.17) is 11.6 Å². The van der Waals surface area contributed by atoms with Gasteiger partial charge in [0.2, 0.25) is 15.9 Å². The summed E-state index contributed by atoms with van der Waals surface area (Å²) in [6.07, 6.45) is -5.44. The Labute approximate surface area is 259 Å². The molecule has 2 amide bonds. The van der Waals surface area contributed by atoms with Crippen LogP contribution in [0.2, 0.25) is 5.02 Å². The number of anilines is 2. The summed E-state index contributed by atoms with van der Waals surface area (Å²) < 4.78 is 95.9. The molecular weight excluding hydrogens is 645 g/mol. The Bertz CT molecular complexity index is 1790. The van der Waals surface area contributed by atoms with E-state index in [0.29, 0.717) is 15.3 Å². The maximum Gasteiger partial charge on any atom is 0.416 e. The molecule has 9 nitrogen and oxygen atoms in total. The predicted octanol–water partition coefficient (Wildman–Crippen LogP) is 5.22. The van der Waals surface area contributed by atoms with Crippen LogP contribution in [-0.4, -0.2) is 49.0 Å². The quantitative estimate of drug-likeness (QED) is 0.345. The number of hydrogen-bond acceptors (Lipinski definition) is 6. The van der Waals surface area contributed by atoms with E-state index < -0.39 is 81.9 Å². The molecule has 1 aliphatic carbocycles. The fourth-order valence-corrected chi connectivity index (χ4v) is 7.26. The first kappa shape index (κ1) is 32.1. The zero-order chi connectivity index (χ0) is 32.7. The lowest BCUT2D eigenvalue weighted by Crippen LogP contribution is -2.56. The largest absolute Gasteiger partial charge is 0.416 e. The number of nitriles is 1. The predicted molar refractivity (Wildman–Crippen MR) is 153 cm³/mol. The zero-order valence-corrected chi connectivity index (χ0v) is 24.6. The van der Waals surface area contributed by atoms with E-state index in [-0.39, 0.29) is 28.4 Å². The molecule has 1 saturated carbocycles. The summed E-state index contributed by atoms with van der Waals surface area (Å²) in [6.45, 7) is 0. The van der Waals surface area contributed by atoms with Crippen molar-refractivity contribution in [3.8, 4) is 6.07 Å². The molecule has 0 radical (unpaired) electrons. The molecule has 2 heterocycles. The number of sulfonamides is 1. The number of hydrogen-bond donors (Lipinski definition) is 1. The lowest BCUT2D eigenvalue weighted by Gasteiger charge is -2.39. The van der Waals surface area contributed by atoms with Gasteiger partial charge in [-0.25, -0.2) is 26.5 Å². The second-order valence-corrected chi connectivity index (χ2v) is 13.0. The van der Waals surface area contributed by atoms with Crippen molar-refractivity contribution in [2.24, 2.45) is 0 Å². The highest BCUT2D eigenvalue weighted by Crippen LogP contribution is 2.41. The van der Waals surface area contributed by atoms with Gasteiger partial charge in [0, 0.05) is 41.4 Å². The molecule has 45 heavy (non-hydrogen) atoms. The SMILES string of the molecule is N#Cc1ccnc(N2[C@H](C(=O)N(c3cccc(C(F)(F)F)c3)[C@@H](C(=O)NC3CC(F)(F)C3)c3ccccc3Cl)CCS2(=O)=O)c1. The number of amides is 2. The van der Waals surface area contributed by atoms with Crippen molar-refractivity contribution in [1.82, 2.24) is 10.3 Å². The zero-order valence-electron chi connectivity index (χ0n) is 23.0. The van der Waals surface area contributed by atoms with E-state index in [1.165, 1.54) is 30.3 Å². The number of aromatic nitrogens is 1. The van der Waals surface area contributed by atoms with Gasteiger partial charge < -0.3 is 5.32 Å². The van der Waals surface area contributed by atoms with Crippen LogP contribution in [0.5, 0.6) is 0 Å². The first-order valence-electron chi connectivity index (χ1n) is 13.4. The molecule has 0 bridgehead atoms. The van der Waals surface area contributed by atoms with Gasteiger partial charge in [-0.15, -0.1) is 0 Å². The topological polar surface area (TPSA) is 123 Å². The molecule has 2 atom stereocenters. The summed E-state index contributed by atoms with van der Waals surface area (Å²) in [5.74, 6) is -6.01. The van der Waals surface area contributed by atoms with Gasteiger partial charge in [0.05, 0.1) is 22.9 Å². The number of alkyl halides is 5. The van der Waals surface area contributed by atoms with Gasteiger partial charge in [0.25, 0.3) is 11.8 Å². The highest BCUT2D eigenvalue weighted by atomic mass is 35.5. The third-order valence-electron chi connectivity index (χ3n) is 7.45. The summed E-state index contributed by atoms with van der Waals surface area (Å²) >= 11 is 6.43. The number of nitrogens with zero attached hydrogens (tertiary/aromatic N) is 4. The Hall–Kier alpha value is -4.29. The summed E-state index contributed by atoms with van der Waals surface area (Å²) in [7, 11) is -4.23. The van der Waals surface area contributed by atoms with E-state index in [1.54, 1.807) is 0 Å². The average Bonchev–Trinajstić information content (AvgIpc) is 3.29. The van der Waals surface area contributed by atoms with Crippen LogP contribution in [-0.2, 0) is 25.8 Å². The maximum absolute atomic E-state index is 14.5. The Morgan fingerprint density at radius 1 is 1.11 bits per heavy atom. The second kappa shape index (κ2) is 11.9. The number of benzene rings is 2. The number of carbonyl (C=O) groups excluding carboxylic acids is 2. The number of nitrogens with one attached hydrogen (secondary N) is 1. The summed E-state index contributed by atoms with van der Waals surface area (Å²) in [4.78, 5) is 33.1. The summed E-state index contributed by atoms with van der Waals surface area (Å²) in [5, 5.41) is 11.7. The number of carbonyl (C=O) groups is 2. The van der Waals surface area contributed by atoms with Crippen molar-refractivity contribution in [3.05, 3.63) is 88.6 Å². The van der Waals surface area contributed by atoms with Crippen molar-refractivity contribution in [2.75, 3.05) is 15.0 Å². The Balaban J connectivity index is 1.68. The molecule has 1 aromatic heterocycles. The van der Waals surface area contributed by atoms with Crippen molar-refractivity contribution >= 4 is 44.9 Å². The van der Waals surface area contributed by atoms with Crippen LogP contribution in [0.15, 0.2) is 66.9 Å². The second-order valence-electron chi connectivity index (χ2n) is 10.6. The molecule has 0 unspecified atom stereocenters. The first-order valence-corrected chi connectivity index (χ1v) is 15.4. The molecule has 0 spiro atoms. The van der Waals surface area contributed by atoms with E-state index in [9.17, 15) is 45.2 Å². The molecule has 2 aromatic carbocycles. The van der Waals surface area contributed by atoms with Crippen molar-refractivity contribution < 1.29 is 40.0 Å². The molecule has 3 aromatic rings. The smallest absolute Gasteiger partial charge is 0.351 e. The standard InChI is InChI=1S/C29H23ClF5N5O4S/c30-22-7-2-1-6-21(22)25(26(41)38-19-14-28(31,32)15-19)39(20-5-3-4-18(13-20)29(33,34)35)27(42)23-9-11-45(43,44)40(23)24-12-17(16-36)8-10-37-24/h1-8,10,12-13,19,23,25H,9,11,14-15H2,(H,38,41)/t23-,25+/m0/s1. The average molecular weight is 668 g/mol. The van der Waals surface area contributed by atoms with Gasteiger partial charge >= 0.3 is 6.18 Å². The van der Waals surface area contributed by atoms with Gasteiger partial charge in [0.1, 0.15) is 17.9 Å². The third kappa shape index (κ3) is 6.57. The normalized spacial score (nSPS) is 19.7. The van der Waals surface area contributed by atoms with Gasteiger partial charge in [-0.2, -0.15) is 18.4 Å². The van der Waals surface area contributed by atoms with E-state index in [2.05, 4.69) is 10.3 Å². The van der Waals surface area contributed by atoms with Crippen LogP contribution in [0.25, 0.3) is 0 Å². The molecule has 1 aliphatic heterocycles. The van der Waals surface area contributed by atoms with E-state index in [0.717, 1.165) is 30.5 Å². The Morgan fingerprint density at radius 2 is 1.82 bits per heavy atom. The highest BCUT2D eigenvalue weighted by molar-refractivity contribution is 7.93. The molecular formula is C29H23ClF5N5O4S. The molecule has 16 heteroatoms. The lowest BCUT2D eigenvalue weighted by molar-refractivity contribution is -0.137. The lowest BCUT2D eigenvalue weighted by atomic mass is 9.87. The van der Waals surface area contributed by atoms with Gasteiger partial charge in [0.15, 0.2) is 0 Å². The first-order chi connectivity index (χ1) is 21.1. The summed E-state index contributed by atoms with van der Waals surface area (Å²) in [5.41, 5.74) is -1.63. The molecule has 1 N–H and O–H groups in total. The Morgan fingerprint density at radius 3 is 2.47 bits per heavy atom. The number of pyridine rings is 1. The van der Waals surface area contributed by atoms with Crippen molar-refractivity contribution in [1.29, 1.82) is 5.26 Å². The third-order valence-corrected chi connectivity index (χ3v) is 9.59. The molecule has 2 aliphatic rings. The number of halogens is 6. The molecule has 1 saturated heterocycles. The minimum atomic E-state index is -4.87. The summed E-state index contributed by atoms with van der Waals surface area (Å²) in [6, 6.07) is 9.02. The fourth-order valence-electron chi connectivity index (χ4n) is 5.34. The van der Waals surface area contributed by atoms with Crippen molar-refractivity contribution in [2.45, 2.75) is 49.5 Å². The van der Waals surface area contributed by atoms with E-state index >= 15 is 0 Å². The molecule has 2 fully saturated rings. The van der Waals surface area contributed by atoms with Crippen LogP contribution >= 0.6 is 11.6 Å². The van der Waals surface area contributed by atoms with Crippen molar-refractivity contribution in [3.63, 3.8) is 0 Å². The van der Waals surface area contributed by atoms with Gasteiger partial charge in [-0.05, 0) is 42.8 Å². The van der Waals surface area contributed by atoms with Crippen LogP contribution < -0.4 is 14.5 Å². The molecule has 5 rings (SSSR count). The minimum absolute atomic E-state index is 0.0219.